The summed E-state index contributed by atoms with van der Waals surface area (Å²) in [5.41, 5.74) is 5.29. The highest BCUT2D eigenvalue weighted by molar-refractivity contribution is 7.47. The van der Waals surface area contributed by atoms with Crippen LogP contribution in [0.3, 0.4) is 0 Å². The molecule has 0 saturated carbocycles. The van der Waals surface area contributed by atoms with Crippen molar-refractivity contribution in [2.75, 3.05) is 19.8 Å². The summed E-state index contributed by atoms with van der Waals surface area (Å²) in [6, 6.07) is -1.51. The van der Waals surface area contributed by atoms with Gasteiger partial charge in [0.2, 0.25) is 0 Å². The number of esters is 2. The molecule has 0 amide bonds. The molecule has 0 saturated heterocycles. The molecule has 0 spiro atoms. The van der Waals surface area contributed by atoms with Crippen molar-refractivity contribution in [2.45, 2.75) is 161 Å². The van der Waals surface area contributed by atoms with Crippen molar-refractivity contribution >= 4 is 25.7 Å². The lowest BCUT2D eigenvalue weighted by Crippen LogP contribution is -2.34. The molecule has 4 N–H and O–H groups in total. The summed E-state index contributed by atoms with van der Waals surface area (Å²) in [5.74, 6) is -2.38. The molecule has 1 unspecified atom stereocenters. The molecule has 12 heteroatoms. The highest BCUT2D eigenvalue weighted by Crippen LogP contribution is 2.43. The number of carboxylic acid groups (broad SMARTS) is 1. The topological polar surface area (TPSA) is 172 Å². The molecule has 0 bridgehead atoms. The van der Waals surface area contributed by atoms with Crippen LogP contribution >= 0.6 is 7.82 Å². The van der Waals surface area contributed by atoms with Crippen molar-refractivity contribution < 1.29 is 47.5 Å². The predicted octanol–water partition coefficient (Wildman–Crippen LogP) is 7.22. The molecule has 0 aliphatic rings. The Labute approximate surface area is 259 Å². The number of nitrogens with two attached hydrogens (primary N) is 1. The molecule has 0 aliphatic heterocycles. The Morgan fingerprint density at radius 3 is 1.47 bits per heavy atom. The number of rotatable bonds is 31. The normalized spacial score (nSPS) is 14.1. The third kappa shape index (κ3) is 27.7. The Hall–Kier alpha value is -1.52. The molecule has 0 aromatic heterocycles. The van der Waals surface area contributed by atoms with E-state index in [1.807, 2.05) is 0 Å². The maximum absolute atomic E-state index is 12.5. The molecule has 0 heterocycles. The first-order valence-electron chi connectivity index (χ1n) is 16.6. The quantitative estimate of drug-likeness (QED) is 0.0398. The number of ether oxygens (including phenoxy) is 2. The number of phosphoric ester groups is 1. The fourth-order valence-electron chi connectivity index (χ4n) is 4.42. The number of carbonyl (C=O) groups excluding carboxylic acids is 2. The first-order chi connectivity index (χ1) is 20.6. The van der Waals surface area contributed by atoms with Crippen LogP contribution < -0.4 is 5.73 Å². The molecule has 0 fully saturated rings. The minimum atomic E-state index is -4.69. The molecule has 254 valence electrons. The van der Waals surface area contributed by atoms with Gasteiger partial charge in [-0.15, -0.1) is 0 Å². The van der Waals surface area contributed by atoms with Crippen LogP contribution in [0.25, 0.3) is 0 Å². The zero-order valence-electron chi connectivity index (χ0n) is 26.8. The molecular weight excluding hydrogens is 577 g/mol. The maximum Gasteiger partial charge on any atom is 0.472 e. The van der Waals surface area contributed by atoms with E-state index in [1.54, 1.807) is 0 Å². The number of carbonyl (C=O) groups is 3. The highest BCUT2D eigenvalue weighted by Gasteiger charge is 2.28. The zero-order valence-corrected chi connectivity index (χ0v) is 27.7. The Morgan fingerprint density at radius 2 is 1.02 bits per heavy atom. The summed E-state index contributed by atoms with van der Waals surface area (Å²) in [6.45, 7) is 2.71. The van der Waals surface area contributed by atoms with E-state index < -0.39 is 51.1 Å². The van der Waals surface area contributed by atoms with E-state index in [0.29, 0.717) is 12.8 Å². The van der Waals surface area contributed by atoms with E-state index in [4.69, 9.17) is 24.8 Å². The Bertz CT molecular complexity index is 767. The predicted molar refractivity (Wildman–Crippen MR) is 166 cm³/mol. The standard InChI is InChI=1S/C31H60NO10P/c1-3-5-7-9-11-12-13-14-15-17-19-21-23-30(34)42-27(25-40-43(37,38)41-26-28(32)31(35)36)24-39-29(33)22-20-18-16-10-8-6-4-2/h27-28H,3-26,32H2,1-2H3,(H,35,36)(H,37,38)/t27-,28+/m1/s1. The van der Waals surface area contributed by atoms with Gasteiger partial charge in [-0.25, -0.2) is 4.57 Å². The number of aliphatic carboxylic acids is 1. The highest BCUT2D eigenvalue weighted by atomic mass is 31.2. The Kier molecular flexibility index (Phi) is 27.0. The second kappa shape index (κ2) is 28.0. The van der Waals surface area contributed by atoms with Gasteiger partial charge in [-0.3, -0.25) is 23.4 Å². The maximum atomic E-state index is 12.5. The number of hydrogen-bond acceptors (Lipinski definition) is 9. The summed E-state index contributed by atoms with van der Waals surface area (Å²) in [7, 11) is -4.69. The van der Waals surface area contributed by atoms with Crippen molar-refractivity contribution in [3.63, 3.8) is 0 Å². The van der Waals surface area contributed by atoms with Crippen LogP contribution in [0.5, 0.6) is 0 Å². The van der Waals surface area contributed by atoms with Gasteiger partial charge in [-0.1, -0.05) is 123 Å². The van der Waals surface area contributed by atoms with Gasteiger partial charge in [-0.2, -0.15) is 0 Å². The van der Waals surface area contributed by atoms with E-state index in [0.717, 1.165) is 38.5 Å². The van der Waals surface area contributed by atoms with Crippen molar-refractivity contribution in [1.29, 1.82) is 0 Å². The van der Waals surface area contributed by atoms with Gasteiger partial charge in [0.05, 0.1) is 13.2 Å². The summed E-state index contributed by atoms with van der Waals surface area (Å²) in [6.07, 6.45) is 20.6. The number of phosphoric acid groups is 1. The number of carboxylic acids is 1. The molecule has 43 heavy (non-hydrogen) atoms. The lowest BCUT2D eigenvalue weighted by atomic mass is 10.0. The van der Waals surface area contributed by atoms with E-state index in [9.17, 15) is 23.8 Å². The van der Waals surface area contributed by atoms with E-state index in [1.165, 1.54) is 70.6 Å². The van der Waals surface area contributed by atoms with Crippen molar-refractivity contribution in [3.05, 3.63) is 0 Å². The van der Waals surface area contributed by atoms with Gasteiger partial charge < -0.3 is 25.2 Å². The monoisotopic (exact) mass is 637 g/mol. The zero-order chi connectivity index (χ0) is 32.2. The summed E-state index contributed by atoms with van der Waals surface area (Å²) in [4.78, 5) is 45.3. The second-order valence-corrected chi connectivity index (χ2v) is 12.8. The first kappa shape index (κ1) is 41.5. The molecule has 0 radical (unpaired) electrons. The lowest BCUT2D eigenvalue weighted by Gasteiger charge is -2.20. The second-order valence-electron chi connectivity index (χ2n) is 11.3. The van der Waals surface area contributed by atoms with Gasteiger partial charge in [-0.05, 0) is 12.8 Å². The lowest BCUT2D eigenvalue weighted by molar-refractivity contribution is -0.161. The molecule has 11 nitrogen and oxygen atoms in total. The van der Waals surface area contributed by atoms with Crippen LogP contribution in [-0.4, -0.2) is 59.9 Å². The van der Waals surface area contributed by atoms with Gasteiger partial charge >= 0.3 is 25.7 Å². The number of hydrogen-bond donors (Lipinski definition) is 3. The molecule has 0 aromatic carbocycles. The van der Waals surface area contributed by atoms with E-state index in [-0.39, 0.29) is 19.4 Å². The van der Waals surface area contributed by atoms with Crippen molar-refractivity contribution in [1.82, 2.24) is 0 Å². The third-order valence-electron chi connectivity index (χ3n) is 7.11. The number of unbranched alkanes of at least 4 members (excludes halogenated alkanes) is 17. The third-order valence-corrected chi connectivity index (χ3v) is 8.06. The Balaban J connectivity index is 4.48. The molecule has 0 aromatic rings. The minimum Gasteiger partial charge on any atom is -0.480 e. The largest absolute Gasteiger partial charge is 0.480 e. The minimum absolute atomic E-state index is 0.167. The van der Waals surface area contributed by atoms with Crippen LogP contribution in [0, 0.1) is 0 Å². The summed E-state index contributed by atoms with van der Waals surface area (Å²) < 4.78 is 32.3. The fourth-order valence-corrected chi connectivity index (χ4v) is 5.19. The van der Waals surface area contributed by atoms with Crippen LogP contribution in [0.2, 0.25) is 0 Å². The van der Waals surface area contributed by atoms with Crippen molar-refractivity contribution in [2.24, 2.45) is 5.73 Å². The van der Waals surface area contributed by atoms with Crippen LogP contribution in [0.1, 0.15) is 149 Å². The van der Waals surface area contributed by atoms with E-state index >= 15 is 0 Å². The first-order valence-corrected chi connectivity index (χ1v) is 18.1. The molecule has 0 aliphatic carbocycles. The molecular formula is C31H60NO10P. The van der Waals surface area contributed by atoms with Crippen LogP contribution in [0.4, 0.5) is 0 Å². The van der Waals surface area contributed by atoms with Gasteiger partial charge in [0.1, 0.15) is 12.6 Å². The van der Waals surface area contributed by atoms with Crippen LogP contribution in [0.15, 0.2) is 0 Å². The van der Waals surface area contributed by atoms with Gasteiger partial charge in [0, 0.05) is 12.8 Å². The van der Waals surface area contributed by atoms with Gasteiger partial charge in [0.25, 0.3) is 0 Å². The average Bonchev–Trinajstić information content (AvgIpc) is 2.97. The molecule has 3 atom stereocenters. The summed E-state index contributed by atoms with van der Waals surface area (Å²) in [5, 5.41) is 8.81. The van der Waals surface area contributed by atoms with Gasteiger partial charge in [0.15, 0.2) is 6.10 Å². The molecule has 0 rings (SSSR count). The average molecular weight is 638 g/mol. The van der Waals surface area contributed by atoms with Crippen molar-refractivity contribution in [3.8, 4) is 0 Å². The SMILES string of the molecule is CCCCCCCCCCCCCCC(=O)O[C@H](COC(=O)CCCCCCCCC)COP(=O)(O)OC[C@H](N)C(=O)O. The van der Waals surface area contributed by atoms with Crippen LogP contribution in [-0.2, 0) is 37.5 Å². The Morgan fingerprint density at radius 1 is 0.628 bits per heavy atom. The summed E-state index contributed by atoms with van der Waals surface area (Å²) >= 11 is 0. The fraction of sp³-hybridized carbons (Fsp3) is 0.903. The smallest absolute Gasteiger partial charge is 0.472 e. The van der Waals surface area contributed by atoms with E-state index in [2.05, 4.69) is 18.4 Å².